The molecule has 0 aliphatic carbocycles. The zero-order valence-corrected chi connectivity index (χ0v) is 16.6. The molecule has 4 heterocycles. The lowest BCUT2D eigenvalue weighted by molar-refractivity contribution is 0.00318. The normalized spacial score (nSPS) is 19.0. The summed E-state index contributed by atoms with van der Waals surface area (Å²) in [5, 5.41) is 4.26. The zero-order valence-electron chi connectivity index (χ0n) is 16.6. The maximum atomic E-state index is 13.0. The van der Waals surface area contributed by atoms with Crippen molar-refractivity contribution in [3.05, 3.63) is 36.2 Å². The Morgan fingerprint density at radius 3 is 2.71 bits per heavy atom. The van der Waals surface area contributed by atoms with Crippen molar-refractivity contribution in [1.82, 2.24) is 19.4 Å². The van der Waals surface area contributed by atoms with Crippen molar-refractivity contribution in [2.45, 2.75) is 45.1 Å². The first-order valence-corrected chi connectivity index (χ1v) is 10.2. The number of hydrogen-bond donors (Lipinski definition) is 0. The van der Waals surface area contributed by atoms with Gasteiger partial charge in [0.15, 0.2) is 0 Å². The molecule has 2 amide bonds. The van der Waals surface area contributed by atoms with Crippen molar-refractivity contribution < 1.29 is 14.3 Å². The number of carbonyl (C=O) groups excluding carboxylic acids is 2. The largest absolute Gasteiger partial charge is 0.441 e. The lowest BCUT2D eigenvalue weighted by Gasteiger charge is -2.37. The van der Waals surface area contributed by atoms with Crippen LogP contribution in [0.3, 0.4) is 0 Å². The molecule has 0 bridgehead atoms. The number of piperidine rings is 1. The second-order valence-electron chi connectivity index (χ2n) is 7.99. The molecule has 2 saturated heterocycles. The standard InChI is InChI=1S/C21H28N4O3/c1-3-16(4-2)14-24-15-21(28-20(24)27)8-11-23(12-9-21)19(26)17-13-22-25-10-6-5-7-18(17)25/h5-7,10,13,16H,3-4,8-9,11-12,14-15H2,1-2H3. The van der Waals surface area contributed by atoms with Gasteiger partial charge < -0.3 is 14.5 Å². The molecule has 2 aliphatic heterocycles. The number of fused-ring (bicyclic) bond motifs is 1. The molecule has 2 aliphatic rings. The highest BCUT2D eigenvalue weighted by Gasteiger charge is 2.47. The van der Waals surface area contributed by atoms with Crippen LogP contribution in [0.1, 0.15) is 49.9 Å². The van der Waals surface area contributed by atoms with E-state index in [1.807, 2.05) is 34.2 Å². The van der Waals surface area contributed by atoms with E-state index in [2.05, 4.69) is 18.9 Å². The van der Waals surface area contributed by atoms with Gasteiger partial charge in [-0.2, -0.15) is 5.10 Å². The van der Waals surface area contributed by atoms with Gasteiger partial charge in [0.2, 0.25) is 0 Å². The number of carbonyl (C=O) groups is 2. The van der Waals surface area contributed by atoms with Crippen LogP contribution < -0.4 is 0 Å². The molecule has 0 radical (unpaired) electrons. The Labute approximate surface area is 165 Å². The summed E-state index contributed by atoms with van der Waals surface area (Å²) in [5.74, 6) is 0.509. The van der Waals surface area contributed by atoms with E-state index in [0.717, 1.165) is 24.9 Å². The van der Waals surface area contributed by atoms with Crippen molar-refractivity contribution in [3.63, 3.8) is 0 Å². The van der Waals surface area contributed by atoms with Crippen molar-refractivity contribution in [2.75, 3.05) is 26.2 Å². The Kier molecular flexibility index (Phi) is 5.00. The molecule has 0 atom stereocenters. The highest BCUT2D eigenvalue weighted by atomic mass is 16.6. The van der Waals surface area contributed by atoms with Gasteiger partial charge in [-0.05, 0) is 18.1 Å². The number of ether oxygens (including phenoxy) is 1. The van der Waals surface area contributed by atoms with Gasteiger partial charge in [-0.15, -0.1) is 0 Å². The molecule has 1 spiro atoms. The number of rotatable bonds is 5. The summed E-state index contributed by atoms with van der Waals surface area (Å²) in [5.41, 5.74) is 0.993. The molecule has 28 heavy (non-hydrogen) atoms. The van der Waals surface area contributed by atoms with Gasteiger partial charge in [-0.3, -0.25) is 4.79 Å². The quantitative estimate of drug-likeness (QED) is 0.794. The summed E-state index contributed by atoms with van der Waals surface area (Å²) in [6.45, 7) is 6.91. The third-order valence-electron chi connectivity index (χ3n) is 6.29. The van der Waals surface area contributed by atoms with Crippen molar-refractivity contribution in [1.29, 1.82) is 0 Å². The smallest absolute Gasteiger partial charge is 0.410 e. The average Bonchev–Trinajstić information content (AvgIpc) is 3.27. The van der Waals surface area contributed by atoms with Crippen LogP contribution in [-0.4, -0.2) is 63.2 Å². The van der Waals surface area contributed by atoms with E-state index in [1.165, 1.54) is 0 Å². The van der Waals surface area contributed by atoms with Gasteiger partial charge >= 0.3 is 6.09 Å². The summed E-state index contributed by atoms with van der Waals surface area (Å²) in [6.07, 6.45) is 6.77. The molecule has 7 nitrogen and oxygen atoms in total. The van der Waals surface area contributed by atoms with Crippen molar-refractivity contribution in [3.8, 4) is 0 Å². The number of likely N-dealkylation sites (tertiary alicyclic amines) is 1. The van der Waals surface area contributed by atoms with E-state index in [-0.39, 0.29) is 12.0 Å². The molecule has 4 rings (SSSR count). The molecular weight excluding hydrogens is 356 g/mol. The van der Waals surface area contributed by atoms with E-state index in [9.17, 15) is 9.59 Å². The third kappa shape index (κ3) is 3.34. The minimum Gasteiger partial charge on any atom is -0.441 e. The predicted molar refractivity (Wildman–Crippen MR) is 105 cm³/mol. The second-order valence-corrected chi connectivity index (χ2v) is 7.99. The first-order chi connectivity index (χ1) is 13.5. The molecular formula is C21H28N4O3. The van der Waals surface area contributed by atoms with E-state index in [4.69, 9.17) is 4.74 Å². The maximum Gasteiger partial charge on any atom is 0.410 e. The van der Waals surface area contributed by atoms with E-state index < -0.39 is 5.60 Å². The number of pyridine rings is 1. The van der Waals surface area contributed by atoms with E-state index in [0.29, 0.717) is 44.0 Å². The van der Waals surface area contributed by atoms with Crippen LogP contribution in [0.2, 0.25) is 0 Å². The van der Waals surface area contributed by atoms with Crippen LogP contribution in [0.5, 0.6) is 0 Å². The zero-order chi connectivity index (χ0) is 19.7. The van der Waals surface area contributed by atoms with Gasteiger partial charge in [0.1, 0.15) is 5.60 Å². The SMILES string of the molecule is CCC(CC)CN1CC2(CCN(C(=O)c3cnn4ccccc34)CC2)OC1=O. The molecule has 7 heteroatoms. The summed E-state index contributed by atoms with van der Waals surface area (Å²) >= 11 is 0. The van der Waals surface area contributed by atoms with Gasteiger partial charge in [-0.1, -0.05) is 32.8 Å². The first kappa shape index (κ1) is 18.8. The molecule has 2 aromatic rings. The predicted octanol–water partition coefficient (Wildman–Crippen LogP) is 3.20. The summed E-state index contributed by atoms with van der Waals surface area (Å²) in [7, 11) is 0. The Morgan fingerprint density at radius 1 is 1.25 bits per heavy atom. The third-order valence-corrected chi connectivity index (χ3v) is 6.29. The molecule has 0 saturated carbocycles. The average molecular weight is 384 g/mol. The molecule has 150 valence electrons. The Balaban J connectivity index is 1.40. The topological polar surface area (TPSA) is 67.2 Å². The van der Waals surface area contributed by atoms with Crippen LogP contribution >= 0.6 is 0 Å². The van der Waals surface area contributed by atoms with Crippen LogP contribution in [-0.2, 0) is 4.74 Å². The molecule has 0 N–H and O–H groups in total. The lowest BCUT2D eigenvalue weighted by Crippen LogP contribution is -2.48. The van der Waals surface area contributed by atoms with Gasteiger partial charge in [0.05, 0.1) is 23.8 Å². The van der Waals surface area contributed by atoms with Crippen LogP contribution in [0, 0.1) is 5.92 Å². The fraction of sp³-hybridized carbons (Fsp3) is 0.571. The van der Waals surface area contributed by atoms with Crippen LogP contribution in [0.25, 0.3) is 5.52 Å². The van der Waals surface area contributed by atoms with Crippen molar-refractivity contribution >= 4 is 17.5 Å². The Morgan fingerprint density at radius 2 is 2.00 bits per heavy atom. The second kappa shape index (κ2) is 7.45. The monoisotopic (exact) mass is 384 g/mol. The minimum absolute atomic E-state index is 0.00532. The van der Waals surface area contributed by atoms with E-state index >= 15 is 0 Å². The van der Waals surface area contributed by atoms with Gasteiger partial charge in [0, 0.05) is 38.7 Å². The fourth-order valence-corrected chi connectivity index (χ4v) is 4.34. The van der Waals surface area contributed by atoms with Gasteiger partial charge in [0.25, 0.3) is 5.91 Å². The minimum atomic E-state index is -0.443. The summed E-state index contributed by atoms with van der Waals surface area (Å²) in [6, 6.07) is 5.70. The highest BCUT2D eigenvalue weighted by Crippen LogP contribution is 2.34. The summed E-state index contributed by atoms with van der Waals surface area (Å²) < 4.78 is 7.53. The number of aromatic nitrogens is 2. The molecule has 0 aromatic carbocycles. The maximum absolute atomic E-state index is 13.0. The van der Waals surface area contributed by atoms with E-state index in [1.54, 1.807) is 10.7 Å². The number of nitrogens with zero attached hydrogens (tertiary/aromatic N) is 4. The Bertz CT molecular complexity index is 865. The number of amides is 2. The first-order valence-electron chi connectivity index (χ1n) is 10.2. The van der Waals surface area contributed by atoms with Crippen LogP contribution in [0.15, 0.2) is 30.6 Å². The van der Waals surface area contributed by atoms with Gasteiger partial charge in [-0.25, -0.2) is 9.31 Å². The Hall–Kier alpha value is -2.57. The highest BCUT2D eigenvalue weighted by molar-refractivity contribution is 6.00. The summed E-state index contributed by atoms with van der Waals surface area (Å²) in [4.78, 5) is 29.1. The molecule has 2 aromatic heterocycles. The van der Waals surface area contributed by atoms with Crippen LogP contribution in [0.4, 0.5) is 4.79 Å². The lowest BCUT2D eigenvalue weighted by atomic mass is 9.90. The van der Waals surface area contributed by atoms with Crippen molar-refractivity contribution in [2.24, 2.45) is 5.92 Å². The molecule has 2 fully saturated rings. The fourth-order valence-electron chi connectivity index (χ4n) is 4.34. The number of hydrogen-bond acceptors (Lipinski definition) is 4. The molecule has 0 unspecified atom stereocenters.